The van der Waals surface area contributed by atoms with Gasteiger partial charge in [0.05, 0.1) is 29.0 Å². The van der Waals surface area contributed by atoms with Crippen LogP contribution in [0.25, 0.3) is 22.6 Å². The summed E-state index contributed by atoms with van der Waals surface area (Å²) in [7, 11) is 0. The van der Waals surface area contributed by atoms with Crippen LogP contribution in [0.15, 0.2) is 95.4 Å². The van der Waals surface area contributed by atoms with Crippen LogP contribution in [0.4, 0.5) is 11.4 Å². The average Bonchev–Trinajstić information content (AvgIpc) is 3.17. The van der Waals surface area contributed by atoms with Gasteiger partial charge in [0.1, 0.15) is 22.9 Å². The van der Waals surface area contributed by atoms with Gasteiger partial charge >= 0.3 is 0 Å². The van der Waals surface area contributed by atoms with Crippen LogP contribution in [-0.4, -0.2) is 29.7 Å². The van der Waals surface area contributed by atoms with E-state index in [9.17, 15) is 10.2 Å². The fourth-order valence-corrected chi connectivity index (χ4v) is 3.39. The standard InChI is InChI=1S/C24H18N6O2/c31-18-8-9-19(23(32)14-18)29-28-16-7-10-22-21(13-16)27-24(20-6-2-4-12-26-20)30(22)15-17-5-1-3-11-25-17/h1-14,31-32H,15H2/b29-28+. The molecule has 8 nitrogen and oxygen atoms in total. The lowest BCUT2D eigenvalue weighted by atomic mass is 10.2. The van der Waals surface area contributed by atoms with Crippen LogP contribution in [0.2, 0.25) is 0 Å². The van der Waals surface area contributed by atoms with E-state index in [2.05, 4.69) is 24.8 Å². The lowest BCUT2D eigenvalue weighted by Gasteiger charge is -2.08. The van der Waals surface area contributed by atoms with Crippen LogP contribution < -0.4 is 0 Å². The van der Waals surface area contributed by atoms with Crippen molar-refractivity contribution in [3.8, 4) is 23.0 Å². The number of rotatable bonds is 5. The van der Waals surface area contributed by atoms with E-state index in [1.54, 1.807) is 12.4 Å². The summed E-state index contributed by atoms with van der Waals surface area (Å²) in [6.45, 7) is 0.547. The highest BCUT2D eigenvalue weighted by atomic mass is 16.3. The zero-order chi connectivity index (χ0) is 21.9. The Bertz CT molecular complexity index is 1420. The van der Waals surface area contributed by atoms with Crippen LogP contribution in [0.5, 0.6) is 11.5 Å². The number of azo groups is 1. The zero-order valence-electron chi connectivity index (χ0n) is 16.9. The van der Waals surface area contributed by atoms with Crippen LogP contribution in [-0.2, 0) is 6.54 Å². The molecule has 0 unspecified atom stereocenters. The Kier molecular flexibility index (Phi) is 5.01. The average molecular weight is 422 g/mol. The minimum Gasteiger partial charge on any atom is -0.508 e. The molecule has 0 spiro atoms. The van der Waals surface area contributed by atoms with E-state index in [1.165, 1.54) is 18.2 Å². The Morgan fingerprint density at radius 3 is 2.41 bits per heavy atom. The molecule has 8 heteroatoms. The van der Waals surface area contributed by atoms with Gasteiger partial charge in [0, 0.05) is 18.5 Å². The smallest absolute Gasteiger partial charge is 0.160 e. The third kappa shape index (κ3) is 3.89. The number of imidazole rings is 1. The second-order valence-electron chi connectivity index (χ2n) is 7.10. The molecular formula is C24H18N6O2. The molecule has 0 saturated carbocycles. The van der Waals surface area contributed by atoms with Crippen molar-refractivity contribution in [2.75, 3.05) is 0 Å². The van der Waals surface area contributed by atoms with Crippen LogP contribution >= 0.6 is 0 Å². The summed E-state index contributed by atoms with van der Waals surface area (Å²) < 4.78 is 2.08. The molecule has 2 N–H and O–H groups in total. The first-order valence-corrected chi connectivity index (χ1v) is 9.93. The predicted octanol–water partition coefficient (Wildman–Crippen LogP) is 5.37. The molecule has 0 aliphatic heterocycles. The molecule has 0 fully saturated rings. The van der Waals surface area contributed by atoms with Crippen molar-refractivity contribution < 1.29 is 10.2 Å². The molecule has 3 aromatic heterocycles. The van der Waals surface area contributed by atoms with Crippen LogP contribution in [0, 0.1) is 0 Å². The Labute approximate surface area is 183 Å². The molecule has 0 aliphatic carbocycles. The summed E-state index contributed by atoms with van der Waals surface area (Å²) >= 11 is 0. The lowest BCUT2D eigenvalue weighted by molar-refractivity contribution is 0.451. The lowest BCUT2D eigenvalue weighted by Crippen LogP contribution is -2.04. The van der Waals surface area contributed by atoms with Crippen molar-refractivity contribution in [1.82, 2.24) is 19.5 Å². The quantitative estimate of drug-likeness (QED) is 0.370. The number of hydrogen-bond donors (Lipinski definition) is 2. The Morgan fingerprint density at radius 1 is 0.812 bits per heavy atom. The molecule has 0 saturated heterocycles. The highest BCUT2D eigenvalue weighted by Crippen LogP contribution is 2.32. The monoisotopic (exact) mass is 422 g/mol. The van der Waals surface area contributed by atoms with Gasteiger partial charge < -0.3 is 14.8 Å². The van der Waals surface area contributed by atoms with Gasteiger partial charge in [0.15, 0.2) is 5.82 Å². The molecule has 2 aromatic carbocycles. The minimum absolute atomic E-state index is 0.0385. The maximum atomic E-state index is 9.90. The molecule has 32 heavy (non-hydrogen) atoms. The summed E-state index contributed by atoms with van der Waals surface area (Å²) in [4.78, 5) is 13.7. The van der Waals surface area contributed by atoms with Crippen molar-refractivity contribution in [2.24, 2.45) is 10.2 Å². The molecule has 0 bridgehead atoms. The van der Waals surface area contributed by atoms with Crippen molar-refractivity contribution in [2.45, 2.75) is 6.54 Å². The number of nitrogens with zero attached hydrogens (tertiary/aromatic N) is 6. The summed E-state index contributed by atoms with van der Waals surface area (Å²) in [6.07, 6.45) is 3.51. The number of benzene rings is 2. The number of fused-ring (bicyclic) bond motifs is 1. The largest absolute Gasteiger partial charge is 0.508 e. The Hall–Kier alpha value is -4.59. The molecule has 0 atom stereocenters. The van der Waals surface area contributed by atoms with E-state index in [0.29, 0.717) is 12.2 Å². The number of aromatic hydroxyl groups is 2. The second-order valence-corrected chi connectivity index (χ2v) is 7.10. The highest BCUT2D eigenvalue weighted by Gasteiger charge is 2.15. The maximum absolute atomic E-state index is 9.90. The minimum atomic E-state index is -0.146. The first-order chi connectivity index (χ1) is 15.7. The third-order valence-electron chi connectivity index (χ3n) is 4.90. The fourth-order valence-electron chi connectivity index (χ4n) is 3.39. The van der Waals surface area contributed by atoms with Gasteiger partial charge in [-0.3, -0.25) is 9.97 Å². The fraction of sp³-hybridized carbons (Fsp3) is 0.0417. The molecule has 156 valence electrons. The summed E-state index contributed by atoms with van der Waals surface area (Å²) in [5.74, 6) is 0.548. The SMILES string of the molecule is Oc1ccc(/N=N/c2ccc3c(c2)nc(-c2ccccn2)n3Cc2ccccn2)c(O)c1. The molecule has 0 aliphatic rings. The van der Waals surface area contributed by atoms with Gasteiger partial charge in [-0.2, -0.15) is 5.11 Å². The molecule has 5 rings (SSSR count). The van der Waals surface area contributed by atoms with Crippen molar-refractivity contribution >= 4 is 22.4 Å². The first-order valence-electron chi connectivity index (χ1n) is 9.93. The normalized spacial score (nSPS) is 11.4. The molecule has 0 amide bonds. The zero-order valence-corrected chi connectivity index (χ0v) is 16.9. The van der Waals surface area contributed by atoms with Gasteiger partial charge in [-0.15, -0.1) is 5.11 Å². The van der Waals surface area contributed by atoms with E-state index in [0.717, 1.165) is 28.2 Å². The summed E-state index contributed by atoms with van der Waals surface area (Å²) in [6, 6.07) is 21.3. The second kappa shape index (κ2) is 8.27. The third-order valence-corrected chi connectivity index (χ3v) is 4.90. The summed E-state index contributed by atoms with van der Waals surface area (Å²) in [5.41, 5.74) is 4.18. The van der Waals surface area contributed by atoms with E-state index in [1.807, 2.05) is 54.6 Å². The summed E-state index contributed by atoms with van der Waals surface area (Å²) in [5, 5.41) is 27.6. The van der Waals surface area contributed by atoms with Gasteiger partial charge in [0.25, 0.3) is 0 Å². The Balaban J connectivity index is 1.56. The van der Waals surface area contributed by atoms with Crippen molar-refractivity contribution in [1.29, 1.82) is 0 Å². The molecule has 0 radical (unpaired) electrons. The van der Waals surface area contributed by atoms with Gasteiger partial charge in [-0.25, -0.2) is 4.98 Å². The van der Waals surface area contributed by atoms with Crippen LogP contribution in [0.1, 0.15) is 5.69 Å². The van der Waals surface area contributed by atoms with Crippen LogP contribution in [0.3, 0.4) is 0 Å². The maximum Gasteiger partial charge on any atom is 0.160 e. The number of phenolic OH excluding ortho intramolecular Hbond substituents is 2. The number of aromatic nitrogens is 4. The van der Waals surface area contributed by atoms with Gasteiger partial charge in [0.2, 0.25) is 0 Å². The van der Waals surface area contributed by atoms with Gasteiger partial charge in [-0.1, -0.05) is 12.1 Å². The van der Waals surface area contributed by atoms with E-state index >= 15 is 0 Å². The number of pyridine rings is 2. The van der Waals surface area contributed by atoms with E-state index in [4.69, 9.17) is 4.98 Å². The van der Waals surface area contributed by atoms with E-state index < -0.39 is 0 Å². The predicted molar refractivity (Wildman–Crippen MR) is 120 cm³/mol. The molecule has 5 aromatic rings. The van der Waals surface area contributed by atoms with E-state index in [-0.39, 0.29) is 17.2 Å². The van der Waals surface area contributed by atoms with Crippen molar-refractivity contribution in [3.05, 3.63) is 90.9 Å². The highest BCUT2D eigenvalue weighted by molar-refractivity contribution is 5.83. The number of hydrogen-bond acceptors (Lipinski definition) is 7. The topological polar surface area (TPSA) is 109 Å². The van der Waals surface area contributed by atoms with Gasteiger partial charge in [-0.05, 0) is 54.6 Å². The molecular weight excluding hydrogens is 404 g/mol. The van der Waals surface area contributed by atoms with Crippen molar-refractivity contribution in [3.63, 3.8) is 0 Å². The first kappa shape index (κ1) is 19.4. The number of phenols is 2. The molecule has 3 heterocycles. The Morgan fingerprint density at radius 2 is 1.66 bits per heavy atom.